The first-order chi connectivity index (χ1) is 7.85. The Balaban J connectivity index is 2.79. The Hall–Kier alpha value is -1.13. The number of benzene rings is 1. The first-order valence-electron chi connectivity index (χ1n) is 5.57. The first-order valence-corrected chi connectivity index (χ1v) is 5.57. The van der Waals surface area contributed by atoms with Gasteiger partial charge in [0.1, 0.15) is 0 Å². The van der Waals surface area contributed by atoms with Crippen molar-refractivity contribution in [2.24, 2.45) is 5.73 Å². The number of methoxy groups -OCH3 is 1. The minimum atomic E-state index is -0.496. The third kappa shape index (κ3) is 3.98. The quantitative estimate of drug-likeness (QED) is 0.881. The summed E-state index contributed by atoms with van der Waals surface area (Å²) >= 11 is 0. The maximum atomic E-state index is 13.9. The molecule has 0 aliphatic carbocycles. The topological polar surface area (TPSA) is 44.5 Å². The van der Waals surface area contributed by atoms with Crippen molar-refractivity contribution < 1.29 is 13.9 Å². The predicted octanol–water partition coefficient (Wildman–Crippen LogP) is 2.65. The molecule has 0 saturated heterocycles. The summed E-state index contributed by atoms with van der Waals surface area (Å²) in [4.78, 5) is 0. The van der Waals surface area contributed by atoms with Crippen LogP contribution in [0.4, 0.5) is 4.39 Å². The van der Waals surface area contributed by atoms with E-state index in [-0.39, 0.29) is 18.0 Å². The van der Waals surface area contributed by atoms with Crippen LogP contribution in [-0.2, 0) is 4.74 Å². The number of hydrogen-bond acceptors (Lipinski definition) is 3. The summed E-state index contributed by atoms with van der Waals surface area (Å²) in [7, 11) is 1.43. The van der Waals surface area contributed by atoms with E-state index in [0.29, 0.717) is 5.56 Å². The summed E-state index contributed by atoms with van der Waals surface area (Å²) in [5.74, 6) is -0.214. The van der Waals surface area contributed by atoms with E-state index in [4.69, 9.17) is 15.2 Å². The highest BCUT2D eigenvalue weighted by Gasteiger charge is 2.18. The van der Waals surface area contributed by atoms with E-state index in [1.165, 1.54) is 7.11 Å². The van der Waals surface area contributed by atoms with Gasteiger partial charge in [-0.2, -0.15) is 0 Å². The molecule has 0 spiro atoms. The van der Waals surface area contributed by atoms with E-state index in [1.54, 1.807) is 18.2 Å². The maximum absolute atomic E-state index is 13.9. The van der Waals surface area contributed by atoms with Crippen LogP contribution in [0, 0.1) is 5.82 Å². The molecule has 0 heterocycles. The molecule has 17 heavy (non-hydrogen) atoms. The zero-order chi connectivity index (χ0) is 13.1. The Morgan fingerprint density at radius 2 is 2.00 bits per heavy atom. The van der Waals surface area contributed by atoms with Gasteiger partial charge in [0.15, 0.2) is 11.6 Å². The number of nitrogens with two attached hydrogens (primary N) is 1. The molecule has 3 nitrogen and oxygen atoms in total. The average molecular weight is 241 g/mol. The van der Waals surface area contributed by atoms with E-state index in [1.807, 2.05) is 20.8 Å². The summed E-state index contributed by atoms with van der Waals surface area (Å²) in [6, 6.07) is 4.43. The largest absolute Gasteiger partial charge is 0.494 e. The van der Waals surface area contributed by atoms with Gasteiger partial charge in [0, 0.05) is 5.56 Å². The molecule has 0 fully saturated rings. The molecule has 0 radical (unpaired) electrons. The molecule has 0 aliphatic heterocycles. The van der Waals surface area contributed by atoms with Gasteiger partial charge >= 0.3 is 0 Å². The molecule has 4 heteroatoms. The molecule has 1 aromatic rings. The van der Waals surface area contributed by atoms with E-state index >= 15 is 0 Å². The normalized spacial score (nSPS) is 13.5. The molecule has 1 rings (SSSR count). The fourth-order valence-corrected chi connectivity index (χ4v) is 1.40. The van der Waals surface area contributed by atoms with Gasteiger partial charge in [-0.3, -0.25) is 0 Å². The minimum absolute atomic E-state index is 0.203. The van der Waals surface area contributed by atoms with Crippen molar-refractivity contribution in [3.8, 4) is 5.75 Å². The van der Waals surface area contributed by atoms with Gasteiger partial charge in [-0.25, -0.2) is 4.39 Å². The van der Waals surface area contributed by atoms with Crippen LogP contribution >= 0.6 is 0 Å². The highest BCUT2D eigenvalue weighted by molar-refractivity contribution is 5.32. The SMILES string of the molecule is COc1cccc(C(N)COC(C)(C)C)c1F. The molecular formula is C13H20FNO2. The molecule has 2 N–H and O–H groups in total. The molecule has 0 aliphatic rings. The standard InChI is InChI=1S/C13H20FNO2/c1-13(2,3)17-8-10(15)9-6-5-7-11(16-4)12(9)14/h5-7,10H,8,15H2,1-4H3. The number of halogens is 1. The van der Waals surface area contributed by atoms with Crippen LogP contribution in [0.3, 0.4) is 0 Å². The summed E-state index contributed by atoms with van der Waals surface area (Å²) in [5, 5.41) is 0. The molecule has 1 aromatic carbocycles. The minimum Gasteiger partial charge on any atom is -0.494 e. The molecule has 96 valence electrons. The van der Waals surface area contributed by atoms with Gasteiger partial charge in [-0.15, -0.1) is 0 Å². The van der Waals surface area contributed by atoms with Gasteiger partial charge < -0.3 is 15.2 Å². The fraction of sp³-hybridized carbons (Fsp3) is 0.538. The van der Waals surface area contributed by atoms with Crippen molar-refractivity contribution in [1.29, 1.82) is 0 Å². The van der Waals surface area contributed by atoms with Crippen molar-refractivity contribution in [2.75, 3.05) is 13.7 Å². The third-order valence-corrected chi connectivity index (χ3v) is 2.31. The predicted molar refractivity (Wildman–Crippen MR) is 65.6 cm³/mol. The second-order valence-electron chi connectivity index (χ2n) is 4.89. The van der Waals surface area contributed by atoms with E-state index in [2.05, 4.69) is 0 Å². The van der Waals surface area contributed by atoms with Crippen LogP contribution in [0.1, 0.15) is 32.4 Å². The average Bonchev–Trinajstić information content (AvgIpc) is 2.25. The maximum Gasteiger partial charge on any atom is 0.169 e. The van der Waals surface area contributed by atoms with E-state index < -0.39 is 11.9 Å². The van der Waals surface area contributed by atoms with Crippen molar-refractivity contribution in [3.63, 3.8) is 0 Å². The molecule has 0 amide bonds. The molecule has 0 bridgehead atoms. The highest BCUT2D eigenvalue weighted by atomic mass is 19.1. The smallest absolute Gasteiger partial charge is 0.169 e. The van der Waals surface area contributed by atoms with Crippen LogP contribution in [0.15, 0.2) is 18.2 Å². The van der Waals surface area contributed by atoms with Crippen molar-refractivity contribution in [2.45, 2.75) is 32.4 Å². The second-order valence-corrected chi connectivity index (χ2v) is 4.89. The van der Waals surface area contributed by atoms with Crippen LogP contribution < -0.4 is 10.5 Å². The summed E-state index contributed by atoms with van der Waals surface area (Å²) in [5.41, 5.74) is 6.03. The number of rotatable bonds is 4. The van der Waals surface area contributed by atoms with E-state index in [9.17, 15) is 4.39 Å². The molecule has 0 saturated carbocycles. The zero-order valence-electron chi connectivity index (χ0n) is 10.8. The van der Waals surface area contributed by atoms with Crippen molar-refractivity contribution in [3.05, 3.63) is 29.6 Å². The number of hydrogen-bond donors (Lipinski definition) is 1. The van der Waals surface area contributed by atoms with Gasteiger partial charge in [-0.1, -0.05) is 12.1 Å². The van der Waals surface area contributed by atoms with Gasteiger partial charge in [-0.05, 0) is 26.8 Å². The number of ether oxygens (including phenoxy) is 2. The van der Waals surface area contributed by atoms with Crippen molar-refractivity contribution >= 4 is 0 Å². The Morgan fingerprint density at radius 3 is 2.53 bits per heavy atom. The summed E-state index contributed by atoms with van der Waals surface area (Å²) in [6.07, 6.45) is 0. The van der Waals surface area contributed by atoms with Gasteiger partial charge in [0.25, 0.3) is 0 Å². The zero-order valence-corrected chi connectivity index (χ0v) is 10.8. The monoisotopic (exact) mass is 241 g/mol. The lowest BCUT2D eigenvalue weighted by molar-refractivity contribution is -0.0106. The second kappa shape index (κ2) is 5.47. The van der Waals surface area contributed by atoms with Crippen LogP contribution in [0.25, 0.3) is 0 Å². The Labute approximate surface area is 102 Å². The molecule has 1 atom stereocenters. The summed E-state index contributed by atoms with van der Waals surface area (Å²) in [6.45, 7) is 6.07. The molecule has 0 aromatic heterocycles. The van der Waals surface area contributed by atoms with Crippen LogP contribution in [-0.4, -0.2) is 19.3 Å². The van der Waals surface area contributed by atoms with Gasteiger partial charge in [0.2, 0.25) is 0 Å². The highest BCUT2D eigenvalue weighted by Crippen LogP contribution is 2.24. The fourth-order valence-electron chi connectivity index (χ4n) is 1.40. The van der Waals surface area contributed by atoms with Crippen LogP contribution in [0.2, 0.25) is 0 Å². The van der Waals surface area contributed by atoms with Gasteiger partial charge in [0.05, 0.1) is 25.4 Å². The van der Waals surface area contributed by atoms with Crippen molar-refractivity contribution in [1.82, 2.24) is 0 Å². The third-order valence-electron chi connectivity index (χ3n) is 2.31. The lowest BCUT2D eigenvalue weighted by atomic mass is 10.1. The lowest BCUT2D eigenvalue weighted by Crippen LogP contribution is -2.26. The Morgan fingerprint density at radius 1 is 1.35 bits per heavy atom. The van der Waals surface area contributed by atoms with E-state index in [0.717, 1.165) is 0 Å². The Kier molecular flexibility index (Phi) is 4.48. The van der Waals surface area contributed by atoms with Crippen LogP contribution in [0.5, 0.6) is 5.75 Å². The lowest BCUT2D eigenvalue weighted by Gasteiger charge is -2.23. The summed E-state index contributed by atoms with van der Waals surface area (Å²) < 4.78 is 24.3. The molecule has 1 unspecified atom stereocenters. The molecular weight excluding hydrogens is 221 g/mol. The Bertz CT molecular complexity index is 374. The first kappa shape index (κ1) is 13.9.